The van der Waals surface area contributed by atoms with Gasteiger partial charge in [0.1, 0.15) is 5.82 Å². The molecule has 0 spiro atoms. The minimum Gasteiger partial charge on any atom is -0.369 e. The highest BCUT2D eigenvalue weighted by Crippen LogP contribution is 2.18. The average molecular weight is 238 g/mol. The Hall–Kier alpha value is -1.09. The van der Waals surface area contributed by atoms with E-state index in [2.05, 4.69) is 31.0 Å². The Morgan fingerprint density at radius 1 is 1.29 bits per heavy atom. The maximum absolute atomic E-state index is 13.6. The Labute approximate surface area is 104 Å². The van der Waals surface area contributed by atoms with Gasteiger partial charge in [-0.3, -0.25) is 0 Å². The number of halogens is 1. The maximum Gasteiger partial charge on any atom is 0.146 e. The summed E-state index contributed by atoms with van der Waals surface area (Å²) < 4.78 is 13.6. The second-order valence-electron chi connectivity index (χ2n) is 4.28. The lowest BCUT2D eigenvalue weighted by Gasteiger charge is -2.25. The topological polar surface area (TPSA) is 15.3 Å². The Balaban J connectivity index is 2.57. The Morgan fingerprint density at radius 3 is 2.59 bits per heavy atom. The molecule has 0 bridgehead atoms. The number of hydrogen-bond acceptors (Lipinski definition) is 2. The molecule has 0 saturated carbocycles. The molecule has 0 aliphatic carbocycles. The fourth-order valence-electron chi connectivity index (χ4n) is 1.96. The summed E-state index contributed by atoms with van der Waals surface area (Å²) in [7, 11) is 0. The Morgan fingerprint density at radius 2 is 2.00 bits per heavy atom. The zero-order valence-electron chi connectivity index (χ0n) is 11.0. The molecule has 0 heterocycles. The fourth-order valence-corrected chi connectivity index (χ4v) is 1.96. The molecule has 0 amide bonds. The Bertz CT molecular complexity index is 328. The van der Waals surface area contributed by atoms with E-state index in [-0.39, 0.29) is 5.82 Å². The highest BCUT2D eigenvalue weighted by atomic mass is 19.1. The van der Waals surface area contributed by atoms with Crippen LogP contribution in [-0.4, -0.2) is 25.7 Å². The van der Waals surface area contributed by atoms with Crippen molar-refractivity contribution in [3.05, 3.63) is 30.1 Å². The van der Waals surface area contributed by atoms with Crippen LogP contribution >= 0.6 is 0 Å². The van der Waals surface area contributed by atoms with Crippen LogP contribution in [0.25, 0.3) is 0 Å². The van der Waals surface area contributed by atoms with Crippen LogP contribution < -0.4 is 10.2 Å². The van der Waals surface area contributed by atoms with Gasteiger partial charge in [0, 0.05) is 19.1 Å². The number of nitrogens with one attached hydrogen (secondary N) is 1. The molecule has 0 radical (unpaired) electrons. The number of benzene rings is 1. The van der Waals surface area contributed by atoms with Crippen LogP contribution in [0.4, 0.5) is 10.1 Å². The highest BCUT2D eigenvalue weighted by Gasteiger charge is 2.10. The van der Waals surface area contributed by atoms with E-state index in [9.17, 15) is 4.39 Å². The predicted octanol–water partition coefficient (Wildman–Crippen LogP) is 3.04. The van der Waals surface area contributed by atoms with Crippen molar-refractivity contribution < 1.29 is 4.39 Å². The third kappa shape index (κ3) is 4.35. The zero-order chi connectivity index (χ0) is 12.7. The molecule has 1 aromatic rings. The molecule has 0 fully saturated rings. The van der Waals surface area contributed by atoms with E-state index in [0.717, 1.165) is 26.1 Å². The van der Waals surface area contributed by atoms with Crippen LogP contribution in [0, 0.1) is 5.82 Å². The summed E-state index contributed by atoms with van der Waals surface area (Å²) in [5.74, 6) is -0.134. The number of rotatable bonds is 7. The van der Waals surface area contributed by atoms with Crippen LogP contribution in [-0.2, 0) is 0 Å². The van der Waals surface area contributed by atoms with E-state index in [1.807, 2.05) is 12.1 Å². The van der Waals surface area contributed by atoms with Crippen molar-refractivity contribution in [3.63, 3.8) is 0 Å². The molecule has 96 valence electrons. The standard InChI is InChI=1S/C14H23FN2/c1-4-16-12(3)10-11-17(5-2)14-9-7-6-8-13(14)15/h6-9,12,16H,4-5,10-11H2,1-3H3. The van der Waals surface area contributed by atoms with Gasteiger partial charge in [-0.2, -0.15) is 0 Å². The molecule has 2 nitrogen and oxygen atoms in total. The van der Waals surface area contributed by atoms with E-state index < -0.39 is 0 Å². The molecule has 0 saturated heterocycles. The lowest BCUT2D eigenvalue weighted by molar-refractivity contribution is 0.523. The quantitative estimate of drug-likeness (QED) is 0.785. The van der Waals surface area contributed by atoms with E-state index >= 15 is 0 Å². The summed E-state index contributed by atoms with van der Waals surface area (Å²) in [6.45, 7) is 9.02. The number of nitrogens with zero attached hydrogens (tertiary/aromatic N) is 1. The minimum absolute atomic E-state index is 0.134. The summed E-state index contributed by atoms with van der Waals surface area (Å²) in [6.07, 6.45) is 1.02. The van der Waals surface area contributed by atoms with E-state index in [0.29, 0.717) is 11.7 Å². The monoisotopic (exact) mass is 238 g/mol. The molecule has 1 unspecified atom stereocenters. The Kier molecular flexibility index (Phi) is 5.98. The summed E-state index contributed by atoms with van der Waals surface area (Å²) in [6, 6.07) is 7.45. The first-order valence-corrected chi connectivity index (χ1v) is 6.41. The van der Waals surface area contributed by atoms with Gasteiger partial charge in [-0.1, -0.05) is 19.1 Å². The number of anilines is 1. The lowest BCUT2D eigenvalue weighted by Crippen LogP contribution is -2.32. The summed E-state index contributed by atoms with van der Waals surface area (Å²) in [4.78, 5) is 2.09. The van der Waals surface area contributed by atoms with Gasteiger partial charge in [0.15, 0.2) is 0 Å². The summed E-state index contributed by atoms with van der Waals surface area (Å²) in [5.41, 5.74) is 0.707. The fraction of sp³-hybridized carbons (Fsp3) is 0.571. The van der Waals surface area contributed by atoms with Crippen molar-refractivity contribution >= 4 is 5.69 Å². The van der Waals surface area contributed by atoms with Crippen LogP contribution in [0.1, 0.15) is 27.2 Å². The molecule has 17 heavy (non-hydrogen) atoms. The largest absolute Gasteiger partial charge is 0.369 e. The highest BCUT2D eigenvalue weighted by molar-refractivity contribution is 5.47. The molecular weight excluding hydrogens is 215 g/mol. The first kappa shape index (κ1) is 14.0. The van der Waals surface area contributed by atoms with Crippen LogP contribution in [0.2, 0.25) is 0 Å². The number of hydrogen-bond donors (Lipinski definition) is 1. The lowest BCUT2D eigenvalue weighted by atomic mass is 10.2. The molecular formula is C14H23FN2. The second-order valence-corrected chi connectivity index (χ2v) is 4.28. The predicted molar refractivity (Wildman–Crippen MR) is 72.0 cm³/mol. The van der Waals surface area contributed by atoms with Crippen molar-refractivity contribution in [1.82, 2.24) is 5.32 Å². The van der Waals surface area contributed by atoms with E-state index in [1.54, 1.807) is 6.07 Å². The van der Waals surface area contributed by atoms with Gasteiger partial charge in [0.25, 0.3) is 0 Å². The van der Waals surface area contributed by atoms with E-state index in [4.69, 9.17) is 0 Å². The molecule has 0 aromatic heterocycles. The first-order valence-electron chi connectivity index (χ1n) is 6.41. The molecule has 1 rings (SSSR count). The van der Waals surface area contributed by atoms with Crippen molar-refractivity contribution in [1.29, 1.82) is 0 Å². The SMILES string of the molecule is CCNC(C)CCN(CC)c1ccccc1F. The van der Waals surface area contributed by atoms with Crippen molar-refractivity contribution in [3.8, 4) is 0 Å². The maximum atomic E-state index is 13.6. The second kappa shape index (κ2) is 7.28. The van der Waals surface area contributed by atoms with Gasteiger partial charge in [0.05, 0.1) is 5.69 Å². The van der Waals surface area contributed by atoms with E-state index in [1.165, 1.54) is 6.07 Å². The van der Waals surface area contributed by atoms with Gasteiger partial charge in [-0.15, -0.1) is 0 Å². The van der Waals surface area contributed by atoms with Crippen molar-refractivity contribution in [2.45, 2.75) is 33.2 Å². The summed E-state index contributed by atoms with van der Waals surface area (Å²) >= 11 is 0. The van der Waals surface area contributed by atoms with Gasteiger partial charge in [-0.25, -0.2) is 4.39 Å². The molecule has 3 heteroatoms. The third-order valence-corrected chi connectivity index (χ3v) is 2.96. The smallest absolute Gasteiger partial charge is 0.146 e. The van der Waals surface area contributed by atoms with Gasteiger partial charge in [-0.05, 0) is 38.9 Å². The van der Waals surface area contributed by atoms with Crippen molar-refractivity contribution in [2.75, 3.05) is 24.5 Å². The molecule has 1 N–H and O–H groups in total. The minimum atomic E-state index is -0.134. The molecule has 0 aliphatic heterocycles. The molecule has 1 atom stereocenters. The summed E-state index contributed by atoms with van der Waals surface area (Å²) in [5, 5.41) is 3.37. The van der Waals surface area contributed by atoms with Crippen molar-refractivity contribution in [2.24, 2.45) is 0 Å². The van der Waals surface area contributed by atoms with Crippen LogP contribution in [0.15, 0.2) is 24.3 Å². The molecule has 1 aromatic carbocycles. The van der Waals surface area contributed by atoms with Crippen LogP contribution in [0.3, 0.4) is 0 Å². The van der Waals surface area contributed by atoms with Gasteiger partial charge >= 0.3 is 0 Å². The zero-order valence-corrected chi connectivity index (χ0v) is 11.0. The van der Waals surface area contributed by atoms with Crippen LogP contribution in [0.5, 0.6) is 0 Å². The van der Waals surface area contributed by atoms with Gasteiger partial charge in [0.2, 0.25) is 0 Å². The number of para-hydroxylation sites is 1. The molecule has 0 aliphatic rings. The van der Waals surface area contributed by atoms with Gasteiger partial charge < -0.3 is 10.2 Å². The average Bonchev–Trinajstić information content (AvgIpc) is 2.32. The first-order chi connectivity index (χ1) is 8.19. The third-order valence-electron chi connectivity index (χ3n) is 2.96. The normalized spacial score (nSPS) is 12.5.